The fraction of sp³-hybridized carbons (Fsp3) is 0.438. The fourth-order valence-corrected chi connectivity index (χ4v) is 2.82. The molecule has 0 saturated heterocycles. The molecule has 0 aliphatic heterocycles. The average molecular weight is 362 g/mol. The second kappa shape index (κ2) is 7.64. The molecule has 2 rings (SSSR count). The van der Waals surface area contributed by atoms with Crippen molar-refractivity contribution in [2.24, 2.45) is 0 Å². The highest BCUT2D eigenvalue weighted by Crippen LogP contribution is 2.21. The van der Waals surface area contributed by atoms with Crippen molar-refractivity contribution in [3.05, 3.63) is 29.3 Å². The summed E-state index contributed by atoms with van der Waals surface area (Å²) in [4.78, 5) is 23.9. The Morgan fingerprint density at radius 3 is 2.56 bits per heavy atom. The molecule has 1 aromatic carbocycles. The Labute approximate surface area is 150 Å². The van der Waals surface area contributed by atoms with E-state index in [9.17, 15) is 9.59 Å². The van der Waals surface area contributed by atoms with Crippen LogP contribution in [-0.2, 0) is 10.3 Å². The minimum atomic E-state index is -0.565. The van der Waals surface area contributed by atoms with Crippen LogP contribution < -0.4 is 10.6 Å². The lowest BCUT2D eigenvalue weighted by atomic mass is 10.1. The van der Waals surface area contributed by atoms with Crippen molar-refractivity contribution >= 4 is 29.4 Å². The van der Waals surface area contributed by atoms with Gasteiger partial charge in [-0.1, -0.05) is 17.8 Å². The first-order valence-corrected chi connectivity index (χ1v) is 8.75. The first-order valence-electron chi connectivity index (χ1n) is 7.76. The average Bonchev–Trinajstić information content (AvgIpc) is 2.97. The number of imide groups is 1. The number of benzene rings is 1. The molecule has 0 radical (unpaired) electrons. The number of urea groups is 1. The molecule has 9 heteroatoms. The number of hydrogen-bond acceptors (Lipinski definition) is 6. The second-order valence-corrected chi connectivity index (χ2v) is 7.58. The number of tetrazole rings is 1. The monoisotopic (exact) mass is 362 g/mol. The number of carbonyl (C=O) groups is 2. The molecule has 0 spiro atoms. The topological polar surface area (TPSA) is 102 Å². The van der Waals surface area contributed by atoms with E-state index in [2.05, 4.69) is 26.2 Å². The van der Waals surface area contributed by atoms with Gasteiger partial charge in [-0.2, -0.15) is 0 Å². The van der Waals surface area contributed by atoms with Gasteiger partial charge in [-0.05, 0) is 68.3 Å². The van der Waals surface area contributed by atoms with Crippen LogP contribution in [-0.4, -0.2) is 37.9 Å². The van der Waals surface area contributed by atoms with E-state index in [0.29, 0.717) is 10.8 Å². The Hall–Kier alpha value is -2.42. The summed E-state index contributed by atoms with van der Waals surface area (Å²) in [6.45, 7) is 9.84. The predicted molar refractivity (Wildman–Crippen MR) is 96.6 cm³/mol. The molecule has 134 valence electrons. The van der Waals surface area contributed by atoms with E-state index in [1.807, 2.05) is 46.8 Å². The highest BCUT2D eigenvalue weighted by Gasteiger charge is 2.21. The Bertz CT molecular complexity index is 781. The lowest BCUT2D eigenvalue weighted by molar-refractivity contribution is -0.117. The van der Waals surface area contributed by atoms with Crippen molar-refractivity contribution < 1.29 is 9.59 Å². The molecule has 1 heterocycles. The van der Waals surface area contributed by atoms with Gasteiger partial charge in [0.15, 0.2) is 0 Å². The van der Waals surface area contributed by atoms with Crippen molar-refractivity contribution in [3.63, 3.8) is 0 Å². The summed E-state index contributed by atoms with van der Waals surface area (Å²) in [5, 5.41) is 16.9. The number of nitrogens with zero attached hydrogens (tertiary/aromatic N) is 4. The van der Waals surface area contributed by atoms with Gasteiger partial charge in [0.1, 0.15) is 0 Å². The summed E-state index contributed by atoms with van der Waals surface area (Å²) in [5.41, 5.74) is 2.55. The van der Waals surface area contributed by atoms with Crippen molar-refractivity contribution in [1.29, 1.82) is 0 Å². The van der Waals surface area contributed by atoms with Crippen LogP contribution in [0.3, 0.4) is 0 Å². The van der Waals surface area contributed by atoms with Gasteiger partial charge in [0, 0.05) is 5.69 Å². The molecule has 0 atom stereocenters. The molecule has 2 aromatic rings. The Balaban J connectivity index is 1.87. The molecule has 8 nitrogen and oxygen atoms in total. The summed E-state index contributed by atoms with van der Waals surface area (Å²) in [6, 6.07) is 4.99. The summed E-state index contributed by atoms with van der Waals surface area (Å²) >= 11 is 1.18. The first-order chi connectivity index (χ1) is 11.7. The molecular weight excluding hydrogens is 340 g/mol. The maximum Gasteiger partial charge on any atom is 0.325 e. The molecule has 0 bridgehead atoms. The van der Waals surface area contributed by atoms with Gasteiger partial charge in [0.25, 0.3) is 0 Å². The molecule has 0 saturated carbocycles. The molecule has 25 heavy (non-hydrogen) atoms. The van der Waals surface area contributed by atoms with Gasteiger partial charge >= 0.3 is 6.03 Å². The number of rotatable bonds is 4. The summed E-state index contributed by atoms with van der Waals surface area (Å²) < 4.78 is 1.64. The van der Waals surface area contributed by atoms with E-state index in [0.717, 1.165) is 11.1 Å². The summed E-state index contributed by atoms with van der Waals surface area (Å²) in [7, 11) is 0. The number of anilines is 1. The van der Waals surface area contributed by atoms with Crippen LogP contribution in [0.1, 0.15) is 31.9 Å². The molecule has 3 amide bonds. The van der Waals surface area contributed by atoms with Gasteiger partial charge in [-0.3, -0.25) is 10.1 Å². The van der Waals surface area contributed by atoms with Crippen LogP contribution in [0.5, 0.6) is 0 Å². The number of amides is 3. The number of hydrogen-bond donors (Lipinski definition) is 2. The zero-order valence-electron chi connectivity index (χ0n) is 15.0. The van der Waals surface area contributed by atoms with E-state index in [-0.39, 0.29) is 11.3 Å². The van der Waals surface area contributed by atoms with E-state index in [1.54, 1.807) is 10.7 Å². The predicted octanol–water partition coefficient (Wildman–Crippen LogP) is 2.49. The Kier molecular flexibility index (Phi) is 5.78. The Morgan fingerprint density at radius 2 is 1.92 bits per heavy atom. The lowest BCUT2D eigenvalue weighted by Gasteiger charge is -2.19. The third-order valence-electron chi connectivity index (χ3n) is 3.43. The van der Waals surface area contributed by atoms with Crippen LogP contribution in [0.25, 0.3) is 0 Å². The highest BCUT2D eigenvalue weighted by molar-refractivity contribution is 7.99. The van der Waals surface area contributed by atoms with E-state index in [1.165, 1.54) is 11.8 Å². The van der Waals surface area contributed by atoms with E-state index in [4.69, 9.17) is 0 Å². The standard InChI is InChI=1S/C16H22N6O2S/c1-10-6-7-12(8-11(10)2)17-14(24)18-13(23)9-25-15-19-20-21-22(15)16(3,4)5/h6-8H,9H2,1-5H3,(H2,17,18,23,24). The second-order valence-electron chi connectivity index (χ2n) is 6.63. The van der Waals surface area contributed by atoms with E-state index >= 15 is 0 Å². The molecular formula is C16H22N6O2S. The highest BCUT2D eigenvalue weighted by atomic mass is 32.2. The SMILES string of the molecule is Cc1ccc(NC(=O)NC(=O)CSc2nnnn2C(C)(C)C)cc1C. The minimum Gasteiger partial charge on any atom is -0.308 e. The van der Waals surface area contributed by atoms with Gasteiger partial charge in [0.05, 0.1) is 11.3 Å². The zero-order valence-corrected chi connectivity index (χ0v) is 15.8. The smallest absolute Gasteiger partial charge is 0.308 e. The van der Waals surface area contributed by atoms with Gasteiger partial charge < -0.3 is 5.32 Å². The number of thioether (sulfide) groups is 1. The number of aromatic nitrogens is 4. The molecule has 1 aromatic heterocycles. The van der Waals surface area contributed by atoms with Gasteiger partial charge in [0.2, 0.25) is 11.1 Å². The molecule has 0 unspecified atom stereocenters. The third kappa shape index (κ3) is 5.28. The zero-order chi connectivity index (χ0) is 18.6. The minimum absolute atomic E-state index is 0.0385. The van der Waals surface area contributed by atoms with Gasteiger partial charge in [-0.25, -0.2) is 9.48 Å². The maximum absolute atomic E-state index is 12.0. The summed E-state index contributed by atoms with van der Waals surface area (Å²) in [6.07, 6.45) is 0. The van der Waals surface area contributed by atoms with Crippen LogP contribution >= 0.6 is 11.8 Å². The molecule has 0 aliphatic rings. The first kappa shape index (κ1) is 18.9. The third-order valence-corrected chi connectivity index (χ3v) is 4.35. The van der Waals surface area contributed by atoms with Crippen molar-refractivity contribution in [2.75, 3.05) is 11.1 Å². The fourth-order valence-electron chi connectivity index (χ4n) is 1.96. The van der Waals surface area contributed by atoms with Gasteiger partial charge in [-0.15, -0.1) is 5.10 Å². The van der Waals surface area contributed by atoms with E-state index < -0.39 is 11.9 Å². The quantitative estimate of drug-likeness (QED) is 0.810. The van der Waals surface area contributed by atoms with Crippen LogP contribution in [0, 0.1) is 13.8 Å². The summed E-state index contributed by atoms with van der Waals surface area (Å²) in [5.74, 6) is -0.383. The van der Waals surface area contributed by atoms with Crippen molar-refractivity contribution in [1.82, 2.24) is 25.5 Å². The lowest BCUT2D eigenvalue weighted by Crippen LogP contribution is -2.35. The van der Waals surface area contributed by atoms with Crippen LogP contribution in [0.4, 0.5) is 10.5 Å². The number of aryl methyl sites for hydroxylation is 2. The molecule has 0 fully saturated rings. The molecule has 2 N–H and O–H groups in total. The van der Waals surface area contributed by atoms with Crippen LogP contribution in [0.2, 0.25) is 0 Å². The number of nitrogens with one attached hydrogen (secondary N) is 2. The van der Waals surface area contributed by atoms with Crippen molar-refractivity contribution in [3.8, 4) is 0 Å². The van der Waals surface area contributed by atoms with Crippen LogP contribution in [0.15, 0.2) is 23.4 Å². The molecule has 0 aliphatic carbocycles. The normalized spacial score (nSPS) is 11.2. The largest absolute Gasteiger partial charge is 0.325 e. The number of carbonyl (C=O) groups excluding carboxylic acids is 2. The maximum atomic E-state index is 12.0. The Morgan fingerprint density at radius 1 is 1.20 bits per heavy atom. The van der Waals surface area contributed by atoms with Crippen molar-refractivity contribution in [2.45, 2.75) is 45.3 Å².